The molecule has 0 spiro atoms. The average Bonchev–Trinajstić information content (AvgIpc) is 3.59. The highest BCUT2D eigenvalue weighted by Gasteiger charge is 2.40. The number of hydrogen-bond donors (Lipinski definition) is 3. The van der Waals surface area contributed by atoms with Gasteiger partial charge >= 0.3 is 0 Å². The molecule has 0 bridgehead atoms. The van der Waals surface area contributed by atoms with Crippen LogP contribution in [-0.4, -0.2) is 114 Å². The van der Waals surface area contributed by atoms with E-state index >= 15 is 0 Å². The van der Waals surface area contributed by atoms with Gasteiger partial charge in [0.15, 0.2) is 5.82 Å². The van der Waals surface area contributed by atoms with E-state index in [0.29, 0.717) is 52.1 Å². The van der Waals surface area contributed by atoms with E-state index in [4.69, 9.17) is 23.2 Å². The minimum Gasteiger partial charge on any atom is -0.370 e. The van der Waals surface area contributed by atoms with Gasteiger partial charge in [0, 0.05) is 93.4 Å². The van der Waals surface area contributed by atoms with E-state index in [2.05, 4.69) is 65.4 Å². The highest BCUT2D eigenvalue weighted by Crippen LogP contribution is 2.40. The second-order valence-electron chi connectivity index (χ2n) is 16.7. The molecule has 1 atom stereocenters. The zero-order valence-electron chi connectivity index (χ0n) is 35.3. The Labute approximate surface area is 373 Å². The van der Waals surface area contributed by atoms with Gasteiger partial charge in [0.25, 0.3) is 5.91 Å². The van der Waals surface area contributed by atoms with Gasteiger partial charge in [-0.25, -0.2) is 4.98 Å². The molecular weight excluding hydrogens is 844 g/mol. The molecular formula is C46H52Cl2N9O4P. The quantitative estimate of drug-likeness (QED) is 0.0825. The summed E-state index contributed by atoms with van der Waals surface area (Å²) in [6, 6.07) is 17.0. The van der Waals surface area contributed by atoms with Crippen molar-refractivity contribution in [2.24, 2.45) is 0 Å². The minimum atomic E-state index is -2.55. The van der Waals surface area contributed by atoms with Crippen LogP contribution in [0.4, 0.5) is 28.8 Å². The van der Waals surface area contributed by atoms with Crippen molar-refractivity contribution in [1.82, 2.24) is 30.0 Å². The van der Waals surface area contributed by atoms with Crippen molar-refractivity contribution < 1.29 is 18.9 Å². The van der Waals surface area contributed by atoms with Crippen LogP contribution in [0.25, 0.3) is 0 Å². The number of amides is 3. The van der Waals surface area contributed by atoms with Gasteiger partial charge in [-0.3, -0.25) is 29.5 Å². The molecule has 3 aromatic carbocycles. The molecule has 8 rings (SSSR count). The summed E-state index contributed by atoms with van der Waals surface area (Å²) in [5, 5.41) is 10.7. The van der Waals surface area contributed by atoms with Crippen LogP contribution >= 0.6 is 30.3 Å². The largest absolute Gasteiger partial charge is 0.370 e. The molecule has 3 saturated heterocycles. The number of carbonyl (C=O) groups is 3. The van der Waals surface area contributed by atoms with Crippen LogP contribution in [0.2, 0.25) is 10.0 Å². The van der Waals surface area contributed by atoms with E-state index in [1.54, 1.807) is 30.5 Å². The number of halogens is 2. The normalized spacial score (nSPS) is 18.9. The van der Waals surface area contributed by atoms with E-state index in [1.807, 2.05) is 42.5 Å². The summed E-state index contributed by atoms with van der Waals surface area (Å²) < 4.78 is 12.9. The number of fused-ring (bicyclic) bond motifs is 1. The molecule has 13 nitrogen and oxygen atoms in total. The standard InChI is InChI=1S/C46H52Cl2N9O4P/c1-4-30-26-32(50-46-49-28-37(48)43(53-46)51-38-13-5-6-14-40(38)62(2,3)61)27-36(47)42(30)56-20-17-33(18-21-56)55-24-22-54(23-25-55)19-8-7-10-31-11-9-12-34-35(31)29-57(45(34)60)39-15-16-41(58)52-44(39)59/h5-6,9,11-14,26-28,33,39H,4,8,15-25,29H2,1-3H3,(H,52,58,59)(H2,49,50,51,53). The lowest BCUT2D eigenvalue weighted by Gasteiger charge is -2.43. The molecule has 0 radical (unpaired) electrons. The zero-order chi connectivity index (χ0) is 43.5. The lowest BCUT2D eigenvalue weighted by atomic mass is 9.99. The molecule has 0 aliphatic carbocycles. The molecule has 3 N–H and O–H groups in total. The molecule has 4 aliphatic rings. The SMILES string of the molecule is CCc1cc(Nc2ncc(Cl)c(Nc3ccccc3P(C)(C)=O)n2)cc(Cl)c1N1CCC(N2CCN(CCC#Cc3cccc4c3CN(C3CCC(=O)NC3=O)C4=O)CC2)CC1. The lowest BCUT2D eigenvalue weighted by molar-refractivity contribution is -0.136. The Morgan fingerprint density at radius 2 is 1.69 bits per heavy atom. The summed E-state index contributed by atoms with van der Waals surface area (Å²) >= 11 is 13.6. The van der Waals surface area contributed by atoms with Crippen LogP contribution in [0.1, 0.15) is 66.1 Å². The Balaban J connectivity index is 0.817. The summed E-state index contributed by atoms with van der Waals surface area (Å²) in [7, 11) is -2.55. The Morgan fingerprint density at radius 3 is 2.44 bits per heavy atom. The Hall–Kier alpha value is -4.96. The van der Waals surface area contributed by atoms with Crippen molar-refractivity contribution in [2.45, 2.75) is 64.1 Å². The van der Waals surface area contributed by atoms with Gasteiger partial charge in [0.1, 0.15) is 18.2 Å². The average molecular weight is 897 g/mol. The van der Waals surface area contributed by atoms with E-state index in [0.717, 1.165) is 105 Å². The molecule has 4 aromatic rings. The number of piperazine rings is 1. The zero-order valence-corrected chi connectivity index (χ0v) is 37.8. The highest BCUT2D eigenvalue weighted by atomic mass is 35.5. The number of rotatable bonds is 11. The van der Waals surface area contributed by atoms with Crippen molar-refractivity contribution in [3.63, 3.8) is 0 Å². The first-order chi connectivity index (χ1) is 29.9. The monoisotopic (exact) mass is 895 g/mol. The third-order valence-electron chi connectivity index (χ3n) is 12.3. The van der Waals surface area contributed by atoms with Gasteiger partial charge in [-0.2, -0.15) is 4.98 Å². The molecule has 1 unspecified atom stereocenters. The maximum absolute atomic E-state index is 13.2. The van der Waals surface area contributed by atoms with Crippen molar-refractivity contribution in [1.29, 1.82) is 0 Å². The number of benzene rings is 3. The summed E-state index contributed by atoms with van der Waals surface area (Å²) in [6.45, 7) is 12.7. The number of imide groups is 1. The summed E-state index contributed by atoms with van der Waals surface area (Å²) in [5.41, 5.74) is 5.98. The Morgan fingerprint density at radius 1 is 0.919 bits per heavy atom. The first-order valence-electron chi connectivity index (χ1n) is 21.4. The first-order valence-corrected chi connectivity index (χ1v) is 24.7. The van der Waals surface area contributed by atoms with Crippen molar-refractivity contribution in [2.75, 3.05) is 74.7 Å². The van der Waals surface area contributed by atoms with Gasteiger partial charge in [-0.05, 0) is 86.5 Å². The smallest absolute Gasteiger partial charge is 0.255 e. The third-order valence-corrected chi connectivity index (χ3v) is 14.4. The fourth-order valence-corrected chi connectivity index (χ4v) is 10.7. The number of aromatic nitrogens is 2. The van der Waals surface area contributed by atoms with Crippen LogP contribution in [0, 0.1) is 11.8 Å². The number of nitrogens with zero attached hydrogens (tertiary/aromatic N) is 6. The number of para-hydroxylation sites is 1. The number of carbonyl (C=O) groups excluding carboxylic acids is 3. The van der Waals surface area contributed by atoms with Gasteiger partial charge in [-0.15, -0.1) is 0 Å². The molecule has 5 heterocycles. The van der Waals surface area contributed by atoms with Gasteiger partial charge < -0.3 is 25.0 Å². The number of nitrogens with one attached hydrogen (secondary N) is 3. The van der Waals surface area contributed by atoms with E-state index < -0.39 is 19.1 Å². The fraction of sp³-hybridized carbons (Fsp3) is 0.413. The molecule has 3 fully saturated rings. The van der Waals surface area contributed by atoms with Gasteiger partial charge in [0.05, 0.1) is 22.6 Å². The lowest BCUT2D eigenvalue weighted by Crippen LogP contribution is -2.53. The predicted octanol–water partition coefficient (Wildman–Crippen LogP) is 6.87. The predicted molar refractivity (Wildman–Crippen MR) is 247 cm³/mol. The molecule has 1 aromatic heterocycles. The summed E-state index contributed by atoms with van der Waals surface area (Å²) in [6.07, 6.45) is 5.79. The van der Waals surface area contributed by atoms with E-state index in [9.17, 15) is 18.9 Å². The van der Waals surface area contributed by atoms with Crippen molar-refractivity contribution in [3.8, 4) is 11.8 Å². The Kier molecular flexibility index (Phi) is 13.2. The first kappa shape index (κ1) is 43.7. The maximum atomic E-state index is 13.2. The molecule has 324 valence electrons. The van der Waals surface area contributed by atoms with Crippen molar-refractivity contribution >= 4 is 82.2 Å². The second kappa shape index (κ2) is 18.8. The number of piperidine rings is 2. The van der Waals surface area contributed by atoms with Crippen LogP contribution in [-0.2, 0) is 27.1 Å². The second-order valence-corrected chi connectivity index (χ2v) is 20.7. The molecule has 16 heteroatoms. The van der Waals surface area contributed by atoms with Crippen LogP contribution in [0.5, 0.6) is 0 Å². The topological polar surface area (TPSA) is 143 Å². The molecule has 0 saturated carbocycles. The van der Waals surface area contributed by atoms with Crippen molar-refractivity contribution in [3.05, 3.63) is 93.1 Å². The van der Waals surface area contributed by atoms with Crippen LogP contribution in [0.15, 0.2) is 60.8 Å². The van der Waals surface area contributed by atoms with Crippen LogP contribution < -0.4 is 26.2 Å². The van der Waals surface area contributed by atoms with Crippen LogP contribution in [0.3, 0.4) is 0 Å². The molecule has 3 amide bonds. The van der Waals surface area contributed by atoms with Gasteiger partial charge in [0.2, 0.25) is 17.8 Å². The van der Waals surface area contributed by atoms with E-state index in [1.165, 1.54) is 0 Å². The minimum absolute atomic E-state index is 0.180. The number of hydrogen-bond acceptors (Lipinski definition) is 11. The maximum Gasteiger partial charge on any atom is 0.255 e. The third kappa shape index (κ3) is 9.65. The number of aryl methyl sites for hydroxylation is 1. The molecule has 4 aliphatic heterocycles. The fourth-order valence-electron chi connectivity index (χ4n) is 9.05. The number of anilines is 5. The molecule has 62 heavy (non-hydrogen) atoms. The van der Waals surface area contributed by atoms with Gasteiger partial charge in [-0.1, -0.05) is 60.2 Å². The summed E-state index contributed by atoms with van der Waals surface area (Å²) in [5.74, 6) is 6.54. The Bertz CT molecular complexity index is 2490. The highest BCUT2D eigenvalue weighted by molar-refractivity contribution is 7.70. The summed E-state index contributed by atoms with van der Waals surface area (Å²) in [4.78, 5) is 55.5. The van der Waals surface area contributed by atoms with E-state index in [-0.39, 0.29) is 18.2 Å².